The molecule has 104 valence electrons. The standard InChI is InChI=1S/C15H23N3O/c1-17-9-7-12-3-5-14-13(11-12)4-6-15(19)18(14)10-2-8-16/h3,5,11,17H,2,4,6-10,16H2,1H3. The Morgan fingerprint density at radius 2 is 2.21 bits per heavy atom. The lowest BCUT2D eigenvalue weighted by atomic mass is 9.97. The predicted octanol–water partition coefficient (Wildman–Crippen LogP) is 1.08. The average Bonchev–Trinajstić information content (AvgIpc) is 2.44. The van der Waals surface area contributed by atoms with Gasteiger partial charge in [-0.1, -0.05) is 12.1 Å². The number of amides is 1. The third-order valence-electron chi connectivity index (χ3n) is 3.59. The van der Waals surface area contributed by atoms with Crippen LogP contribution in [0.2, 0.25) is 0 Å². The van der Waals surface area contributed by atoms with Gasteiger partial charge in [0.1, 0.15) is 0 Å². The Kier molecular flexibility index (Phi) is 4.93. The maximum atomic E-state index is 12.0. The van der Waals surface area contributed by atoms with E-state index >= 15 is 0 Å². The highest BCUT2D eigenvalue weighted by Crippen LogP contribution is 2.29. The van der Waals surface area contributed by atoms with E-state index in [0.29, 0.717) is 13.0 Å². The van der Waals surface area contributed by atoms with Gasteiger partial charge in [-0.05, 0) is 56.6 Å². The van der Waals surface area contributed by atoms with Crippen LogP contribution in [-0.4, -0.2) is 32.6 Å². The number of carbonyl (C=O) groups is 1. The van der Waals surface area contributed by atoms with Gasteiger partial charge in [-0.15, -0.1) is 0 Å². The van der Waals surface area contributed by atoms with E-state index in [1.165, 1.54) is 11.1 Å². The number of nitrogens with two attached hydrogens (primary N) is 1. The van der Waals surface area contributed by atoms with Gasteiger partial charge in [0.2, 0.25) is 5.91 Å². The summed E-state index contributed by atoms with van der Waals surface area (Å²) in [6, 6.07) is 6.46. The second kappa shape index (κ2) is 6.68. The molecule has 0 bridgehead atoms. The van der Waals surface area contributed by atoms with Crippen LogP contribution in [0.25, 0.3) is 0 Å². The van der Waals surface area contributed by atoms with Crippen LogP contribution in [0.5, 0.6) is 0 Å². The van der Waals surface area contributed by atoms with Crippen molar-refractivity contribution in [1.29, 1.82) is 0 Å². The zero-order valence-corrected chi connectivity index (χ0v) is 11.6. The van der Waals surface area contributed by atoms with E-state index in [0.717, 1.165) is 38.0 Å². The maximum absolute atomic E-state index is 12.0. The second-order valence-electron chi connectivity index (χ2n) is 5.00. The van der Waals surface area contributed by atoms with Crippen LogP contribution in [0.1, 0.15) is 24.0 Å². The van der Waals surface area contributed by atoms with E-state index in [2.05, 4.69) is 23.5 Å². The molecule has 0 saturated heterocycles. The van der Waals surface area contributed by atoms with Crippen molar-refractivity contribution in [1.82, 2.24) is 5.32 Å². The topological polar surface area (TPSA) is 58.4 Å². The number of anilines is 1. The molecule has 0 spiro atoms. The molecule has 1 aliphatic heterocycles. The quantitative estimate of drug-likeness (QED) is 0.805. The third-order valence-corrected chi connectivity index (χ3v) is 3.59. The van der Waals surface area contributed by atoms with Crippen LogP contribution in [0.4, 0.5) is 5.69 Å². The second-order valence-corrected chi connectivity index (χ2v) is 5.00. The first-order valence-electron chi connectivity index (χ1n) is 7.03. The lowest BCUT2D eigenvalue weighted by Crippen LogP contribution is -2.36. The van der Waals surface area contributed by atoms with E-state index in [1.54, 1.807) is 0 Å². The molecule has 2 rings (SSSR count). The molecular weight excluding hydrogens is 238 g/mol. The number of benzene rings is 1. The van der Waals surface area contributed by atoms with Crippen molar-refractivity contribution < 1.29 is 4.79 Å². The molecule has 1 aromatic carbocycles. The fourth-order valence-electron chi connectivity index (χ4n) is 2.53. The SMILES string of the molecule is CNCCc1ccc2c(c1)CCC(=O)N2CCCN. The summed E-state index contributed by atoms with van der Waals surface area (Å²) < 4.78 is 0. The van der Waals surface area contributed by atoms with E-state index in [1.807, 2.05) is 11.9 Å². The molecule has 0 saturated carbocycles. The van der Waals surface area contributed by atoms with Crippen molar-refractivity contribution in [2.75, 3.05) is 31.6 Å². The summed E-state index contributed by atoms with van der Waals surface area (Å²) >= 11 is 0. The first-order valence-corrected chi connectivity index (χ1v) is 7.03. The fraction of sp³-hybridized carbons (Fsp3) is 0.533. The highest BCUT2D eigenvalue weighted by Gasteiger charge is 2.23. The Hall–Kier alpha value is -1.39. The van der Waals surface area contributed by atoms with Gasteiger partial charge in [-0.2, -0.15) is 0 Å². The first-order chi connectivity index (χ1) is 9.26. The minimum absolute atomic E-state index is 0.226. The van der Waals surface area contributed by atoms with E-state index < -0.39 is 0 Å². The predicted molar refractivity (Wildman–Crippen MR) is 78.4 cm³/mol. The fourth-order valence-corrected chi connectivity index (χ4v) is 2.53. The number of hydrogen-bond acceptors (Lipinski definition) is 3. The normalized spacial score (nSPS) is 14.6. The molecule has 0 radical (unpaired) electrons. The van der Waals surface area contributed by atoms with Crippen molar-refractivity contribution in [3.63, 3.8) is 0 Å². The van der Waals surface area contributed by atoms with Gasteiger partial charge in [0.25, 0.3) is 0 Å². The van der Waals surface area contributed by atoms with Crippen molar-refractivity contribution in [3.05, 3.63) is 29.3 Å². The summed E-state index contributed by atoms with van der Waals surface area (Å²) in [5.74, 6) is 0.226. The van der Waals surface area contributed by atoms with Crippen molar-refractivity contribution >= 4 is 11.6 Å². The Morgan fingerprint density at radius 3 is 2.95 bits per heavy atom. The Labute approximate surface area is 115 Å². The number of nitrogens with zero attached hydrogens (tertiary/aromatic N) is 1. The molecular formula is C15H23N3O. The van der Waals surface area contributed by atoms with Crippen molar-refractivity contribution in [2.24, 2.45) is 5.73 Å². The molecule has 0 aliphatic carbocycles. The highest BCUT2D eigenvalue weighted by atomic mass is 16.2. The Morgan fingerprint density at radius 1 is 1.37 bits per heavy atom. The smallest absolute Gasteiger partial charge is 0.227 e. The lowest BCUT2D eigenvalue weighted by Gasteiger charge is -2.29. The van der Waals surface area contributed by atoms with Crippen LogP contribution in [0.15, 0.2) is 18.2 Å². The van der Waals surface area contributed by atoms with Gasteiger partial charge in [-0.3, -0.25) is 4.79 Å². The number of likely N-dealkylation sites (N-methyl/N-ethyl adjacent to an activating group) is 1. The zero-order valence-electron chi connectivity index (χ0n) is 11.6. The van der Waals surface area contributed by atoms with Gasteiger partial charge < -0.3 is 16.0 Å². The Bertz CT molecular complexity index is 445. The minimum atomic E-state index is 0.226. The summed E-state index contributed by atoms with van der Waals surface area (Å²) in [6.45, 7) is 2.34. The van der Waals surface area contributed by atoms with Gasteiger partial charge in [0.05, 0.1) is 0 Å². The summed E-state index contributed by atoms with van der Waals surface area (Å²) in [5.41, 5.74) is 9.26. The van der Waals surface area contributed by atoms with Gasteiger partial charge >= 0.3 is 0 Å². The highest BCUT2D eigenvalue weighted by molar-refractivity contribution is 5.96. The van der Waals surface area contributed by atoms with Crippen molar-refractivity contribution in [2.45, 2.75) is 25.7 Å². The molecule has 1 amide bonds. The van der Waals surface area contributed by atoms with E-state index in [4.69, 9.17) is 5.73 Å². The third kappa shape index (κ3) is 3.33. The summed E-state index contributed by atoms with van der Waals surface area (Å²) in [4.78, 5) is 13.9. The first kappa shape index (κ1) is 14.0. The average molecular weight is 261 g/mol. The molecule has 0 fully saturated rings. The van der Waals surface area contributed by atoms with Crippen LogP contribution in [0.3, 0.4) is 0 Å². The van der Waals surface area contributed by atoms with Gasteiger partial charge in [0.15, 0.2) is 0 Å². The number of rotatable bonds is 6. The number of nitrogens with one attached hydrogen (secondary N) is 1. The lowest BCUT2D eigenvalue weighted by molar-refractivity contribution is -0.118. The largest absolute Gasteiger partial charge is 0.330 e. The van der Waals surface area contributed by atoms with Crippen LogP contribution >= 0.6 is 0 Å². The van der Waals surface area contributed by atoms with Crippen LogP contribution < -0.4 is 16.0 Å². The summed E-state index contributed by atoms with van der Waals surface area (Å²) in [6.07, 6.45) is 3.36. The molecule has 4 nitrogen and oxygen atoms in total. The molecule has 19 heavy (non-hydrogen) atoms. The van der Waals surface area contributed by atoms with E-state index in [9.17, 15) is 4.79 Å². The van der Waals surface area contributed by atoms with Gasteiger partial charge in [0, 0.05) is 18.7 Å². The molecule has 1 heterocycles. The molecule has 0 aromatic heterocycles. The number of hydrogen-bond donors (Lipinski definition) is 2. The molecule has 4 heteroatoms. The molecule has 1 aromatic rings. The van der Waals surface area contributed by atoms with Crippen LogP contribution in [0, 0.1) is 0 Å². The Balaban J connectivity index is 2.18. The molecule has 0 unspecified atom stereocenters. The maximum Gasteiger partial charge on any atom is 0.227 e. The molecule has 1 aliphatic rings. The summed E-state index contributed by atoms with van der Waals surface area (Å²) in [5, 5.41) is 3.16. The summed E-state index contributed by atoms with van der Waals surface area (Å²) in [7, 11) is 1.96. The number of carbonyl (C=O) groups excluding carboxylic acids is 1. The number of aryl methyl sites for hydroxylation is 1. The number of fused-ring (bicyclic) bond motifs is 1. The monoisotopic (exact) mass is 261 g/mol. The van der Waals surface area contributed by atoms with Crippen molar-refractivity contribution in [3.8, 4) is 0 Å². The zero-order chi connectivity index (χ0) is 13.7. The minimum Gasteiger partial charge on any atom is -0.330 e. The van der Waals surface area contributed by atoms with Gasteiger partial charge in [-0.25, -0.2) is 0 Å². The molecule has 0 atom stereocenters. The van der Waals surface area contributed by atoms with Crippen LogP contribution in [-0.2, 0) is 17.6 Å². The van der Waals surface area contributed by atoms with E-state index in [-0.39, 0.29) is 5.91 Å². The molecule has 3 N–H and O–H groups in total.